The largest absolute Gasteiger partial charge is 0.468 e. The summed E-state index contributed by atoms with van der Waals surface area (Å²) in [5.74, 6) is -0.514. The fourth-order valence-electron chi connectivity index (χ4n) is 1.89. The predicted octanol–water partition coefficient (Wildman–Crippen LogP) is 2.05. The van der Waals surface area contributed by atoms with Crippen molar-refractivity contribution in [1.29, 1.82) is 0 Å². The molecular formula is C15H18BrClN4O3. The zero-order valence-corrected chi connectivity index (χ0v) is 15.6. The number of methoxy groups -OCH3 is 1. The smallest absolute Gasteiger partial charge is 0.327 e. The molecule has 1 heterocycles. The third-order valence-corrected chi connectivity index (χ3v) is 3.85. The molecule has 0 fully saturated rings. The van der Waals surface area contributed by atoms with Gasteiger partial charge in [-0.25, -0.2) is 0 Å². The highest BCUT2D eigenvalue weighted by atomic mass is 79.9. The van der Waals surface area contributed by atoms with Crippen LogP contribution in [0.15, 0.2) is 41.0 Å². The van der Waals surface area contributed by atoms with Crippen molar-refractivity contribution in [3.63, 3.8) is 0 Å². The average molecular weight is 418 g/mol. The lowest BCUT2D eigenvalue weighted by molar-refractivity contribution is -0.141. The average Bonchev–Trinajstić information content (AvgIpc) is 2.94. The molecule has 2 rings (SSSR count). The fraction of sp³-hybridized carbons (Fsp3) is 0.267. The molecule has 0 aliphatic carbocycles. The maximum Gasteiger partial charge on any atom is 0.327 e. The number of carbonyl (C=O) groups is 2. The van der Waals surface area contributed by atoms with Gasteiger partial charge in [-0.2, -0.15) is 5.10 Å². The molecule has 0 aliphatic rings. The van der Waals surface area contributed by atoms with Crippen LogP contribution < -0.4 is 11.1 Å². The summed E-state index contributed by atoms with van der Waals surface area (Å²) < 4.78 is 6.83. The molecular weight excluding hydrogens is 400 g/mol. The fourth-order valence-corrected chi connectivity index (χ4v) is 2.15. The van der Waals surface area contributed by atoms with E-state index in [0.717, 1.165) is 4.47 Å². The minimum absolute atomic E-state index is 0. The summed E-state index contributed by atoms with van der Waals surface area (Å²) >= 11 is 3.34. The number of hydrogen-bond donors (Lipinski definition) is 2. The van der Waals surface area contributed by atoms with Crippen LogP contribution in [0.2, 0.25) is 0 Å². The molecule has 130 valence electrons. The number of benzene rings is 1. The highest BCUT2D eigenvalue weighted by Crippen LogP contribution is 2.22. The Kier molecular flexibility index (Phi) is 6.94. The molecule has 0 radical (unpaired) electrons. The molecule has 0 spiro atoms. The minimum Gasteiger partial charge on any atom is -0.468 e. The Morgan fingerprint density at radius 3 is 2.54 bits per heavy atom. The zero-order valence-electron chi connectivity index (χ0n) is 13.2. The summed E-state index contributed by atoms with van der Waals surface area (Å²) in [7, 11) is 1.30. The van der Waals surface area contributed by atoms with Gasteiger partial charge in [0, 0.05) is 16.7 Å². The van der Waals surface area contributed by atoms with Crippen LogP contribution in [0, 0.1) is 0 Å². The Bertz CT molecular complexity index is 716. The second-order valence-corrected chi connectivity index (χ2v) is 6.05. The van der Waals surface area contributed by atoms with E-state index in [0.29, 0.717) is 11.4 Å². The first kappa shape index (κ1) is 20.1. The number of hydrogen-bond acceptors (Lipinski definition) is 5. The first-order valence-corrected chi connectivity index (χ1v) is 7.59. The molecule has 1 aromatic heterocycles. The van der Waals surface area contributed by atoms with Crippen molar-refractivity contribution < 1.29 is 14.3 Å². The highest BCUT2D eigenvalue weighted by Gasteiger charge is 2.31. The monoisotopic (exact) mass is 416 g/mol. The van der Waals surface area contributed by atoms with Crippen LogP contribution in [0.3, 0.4) is 0 Å². The lowest BCUT2D eigenvalue weighted by atomic mass is 9.92. The number of nitrogens with zero attached hydrogens (tertiary/aromatic N) is 2. The quantitative estimate of drug-likeness (QED) is 0.725. The second-order valence-electron chi connectivity index (χ2n) is 5.14. The molecule has 1 unspecified atom stereocenters. The van der Waals surface area contributed by atoms with Gasteiger partial charge in [-0.05, 0) is 24.6 Å². The molecule has 2 aromatic rings. The number of rotatable bonds is 5. The van der Waals surface area contributed by atoms with Crippen LogP contribution >= 0.6 is 28.3 Å². The van der Waals surface area contributed by atoms with Gasteiger partial charge in [-0.1, -0.05) is 28.1 Å². The molecule has 3 N–H and O–H groups in total. The second kappa shape index (κ2) is 8.27. The van der Waals surface area contributed by atoms with Gasteiger partial charge in [0.1, 0.15) is 12.1 Å². The van der Waals surface area contributed by atoms with Gasteiger partial charge in [0.05, 0.1) is 7.11 Å². The predicted molar refractivity (Wildman–Crippen MR) is 95.8 cm³/mol. The molecule has 1 atom stereocenters. The Morgan fingerprint density at radius 1 is 1.33 bits per heavy atom. The van der Waals surface area contributed by atoms with Crippen molar-refractivity contribution in [3.05, 3.63) is 46.6 Å². The molecule has 0 saturated carbocycles. The maximum absolute atomic E-state index is 12.4. The highest BCUT2D eigenvalue weighted by molar-refractivity contribution is 9.10. The van der Waals surface area contributed by atoms with Crippen molar-refractivity contribution in [3.8, 4) is 0 Å². The van der Waals surface area contributed by atoms with Crippen LogP contribution in [0.25, 0.3) is 0 Å². The number of carbonyl (C=O) groups excluding carboxylic acids is 2. The van der Waals surface area contributed by atoms with E-state index in [2.05, 4.69) is 31.1 Å². The van der Waals surface area contributed by atoms with E-state index in [1.807, 2.05) is 12.1 Å². The molecule has 24 heavy (non-hydrogen) atoms. The lowest BCUT2D eigenvalue weighted by Crippen LogP contribution is -2.45. The van der Waals surface area contributed by atoms with Crippen LogP contribution in [0.1, 0.15) is 12.5 Å². The number of amides is 1. The van der Waals surface area contributed by atoms with Gasteiger partial charge in [0.2, 0.25) is 5.91 Å². The van der Waals surface area contributed by atoms with Crippen LogP contribution in [0.5, 0.6) is 0 Å². The van der Waals surface area contributed by atoms with Crippen molar-refractivity contribution in [2.75, 3.05) is 12.4 Å². The molecule has 1 amide bonds. The molecule has 1 aromatic carbocycles. The van der Waals surface area contributed by atoms with E-state index in [4.69, 9.17) is 5.73 Å². The van der Waals surface area contributed by atoms with E-state index >= 15 is 0 Å². The third-order valence-electron chi connectivity index (χ3n) is 3.32. The van der Waals surface area contributed by atoms with Gasteiger partial charge in [0.25, 0.3) is 0 Å². The molecule has 0 saturated heterocycles. The molecule has 0 bridgehead atoms. The number of ether oxygens (including phenoxy) is 1. The van der Waals surface area contributed by atoms with E-state index in [1.165, 1.54) is 11.8 Å². The Morgan fingerprint density at radius 2 is 1.96 bits per heavy atom. The molecule has 9 heteroatoms. The minimum atomic E-state index is -1.22. The van der Waals surface area contributed by atoms with Crippen molar-refractivity contribution in [2.45, 2.75) is 19.0 Å². The van der Waals surface area contributed by atoms with Crippen molar-refractivity contribution >= 4 is 46.0 Å². The number of esters is 1. The lowest BCUT2D eigenvalue weighted by Gasteiger charge is -2.23. The SMILES string of the molecule is COC(=O)Cn1ccc(NC(=O)C(C)(N)c2ccc(Br)cc2)n1.Cl. The Balaban J connectivity index is 0.00000288. The van der Waals surface area contributed by atoms with Crippen LogP contribution in [0.4, 0.5) is 5.82 Å². The van der Waals surface area contributed by atoms with E-state index in [9.17, 15) is 9.59 Å². The van der Waals surface area contributed by atoms with Crippen LogP contribution in [-0.2, 0) is 26.4 Å². The van der Waals surface area contributed by atoms with E-state index in [1.54, 1.807) is 31.3 Å². The number of nitrogens with one attached hydrogen (secondary N) is 1. The summed E-state index contributed by atoms with van der Waals surface area (Å²) in [4.78, 5) is 23.6. The first-order chi connectivity index (χ1) is 10.8. The number of halogens is 2. The van der Waals surface area contributed by atoms with Gasteiger partial charge < -0.3 is 15.8 Å². The van der Waals surface area contributed by atoms with Gasteiger partial charge in [-0.15, -0.1) is 12.4 Å². The number of anilines is 1. The number of aromatic nitrogens is 2. The van der Waals surface area contributed by atoms with E-state index in [-0.39, 0.29) is 19.0 Å². The van der Waals surface area contributed by atoms with Gasteiger partial charge >= 0.3 is 5.97 Å². The zero-order chi connectivity index (χ0) is 17.0. The van der Waals surface area contributed by atoms with Crippen LogP contribution in [-0.4, -0.2) is 28.8 Å². The van der Waals surface area contributed by atoms with E-state index < -0.39 is 17.4 Å². The van der Waals surface area contributed by atoms with Gasteiger partial charge in [-0.3, -0.25) is 14.3 Å². The third kappa shape index (κ3) is 4.80. The summed E-state index contributed by atoms with van der Waals surface area (Å²) in [6, 6.07) is 8.77. The van der Waals surface area contributed by atoms with Gasteiger partial charge in [0.15, 0.2) is 5.82 Å². The topological polar surface area (TPSA) is 99.2 Å². The Hall–Kier alpha value is -1.90. The number of nitrogens with two attached hydrogens (primary N) is 1. The first-order valence-electron chi connectivity index (χ1n) is 6.79. The van der Waals surface area contributed by atoms with Crippen molar-refractivity contribution in [1.82, 2.24) is 9.78 Å². The molecule has 7 nitrogen and oxygen atoms in total. The summed E-state index contributed by atoms with van der Waals surface area (Å²) in [5, 5.41) is 6.73. The van der Waals surface area contributed by atoms with Crippen molar-refractivity contribution in [2.24, 2.45) is 5.73 Å². The normalized spacial score (nSPS) is 12.7. The molecule has 0 aliphatic heterocycles. The summed E-state index contributed by atoms with van der Waals surface area (Å²) in [5.41, 5.74) is 5.61. The standard InChI is InChI=1S/C15H17BrN4O3.ClH/c1-15(17,10-3-5-11(16)6-4-10)14(22)18-12-7-8-20(19-12)9-13(21)23-2;/h3-8H,9,17H2,1-2H3,(H,18,19,22);1H. The maximum atomic E-state index is 12.4. The Labute approximate surface area is 154 Å². The summed E-state index contributed by atoms with van der Waals surface area (Å²) in [6.07, 6.45) is 1.57. The summed E-state index contributed by atoms with van der Waals surface area (Å²) in [6.45, 7) is 1.59.